The zero-order valence-electron chi connectivity index (χ0n) is 10.9. The van der Waals surface area contributed by atoms with Gasteiger partial charge in [-0.3, -0.25) is 4.79 Å². The summed E-state index contributed by atoms with van der Waals surface area (Å²) >= 11 is 0. The molecule has 1 aliphatic heterocycles. The first-order valence-corrected chi connectivity index (χ1v) is 6.74. The molecule has 0 saturated heterocycles. The summed E-state index contributed by atoms with van der Waals surface area (Å²) in [6.07, 6.45) is 2.39. The van der Waals surface area contributed by atoms with Gasteiger partial charge in [0.25, 0.3) is 5.91 Å². The predicted molar refractivity (Wildman–Crippen MR) is 75.5 cm³/mol. The maximum atomic E-state index is 12.4. The number of hydrogen-bond donors (Lipinski definition) is 1. The van der Waals surface area contributed by atoms with Gasteiger partial charge in [-0.2, -0.15) is 0 Å². The molecule has 0 radical (unpaired) electrons. The van der Waals surface area contributed by atoms with Gasteiger partial charge in [0.05, 0.1) is 6.26 Å². The zero-order chi connectivity index (χ0) is 13.5. The third-order valence-corrected chi connectivity index (χ3v) is 3.90. The summed E-state index contributed by atoms with van der Waals surface area (Å²) in [6, 6.07) is 11.7. The fourth-order valence-corrected chi connectivity index (χ4v) is 2.90. The van der Waals surface area contributed by atoms with E-state index in [-0.39, 0.29) is 5.91 Å². The van der Waals surface area contributed by atoms with Crippen molar-refractivity contribution in [2.24, 2.45) is 0 Å². The van der Waals surface area contributed by atoms with Crippen LogP contribution < -0.4 is 0 Å². The quantitative estimate of drug-likeness (QED) is 0.736. The van der Waals surface area contributed by atoms with Crippen LogP contribution in [-0.2, 0) is 13.0 Å². The van der Waals surface area contributed by atoms with Crippen LogP contribution >= 0.6 is 0 Å². The number of carbonyl (C=O) groups excluding carboxylic acids is 1. The van der Waals surface area contributed by atoms with E-state index >= 15 is 0 Å². The van der Waals surface area contributed by atoms with Crippen molar-refractivity contribution >= 4 is 16.8 Å². The van der Waals surface area contributed by atoms with Crippen LogP contribution in [0.2, 0.25) is 0 Å². The Labute approximate surface area is 116 Å². The number of para-hydroxylation sites is 1. The van der Waals surface area contributed by atoms with Crippen molar-refractivity contribution in [3.05, 3.63) is 59.7 Å². The first-order chi connectivity index (χ1) is 9.83. The van der Waals surface area contributed by atoms with E-state index in [0.29, 0.717) is 12.3 Å². The van der Waals surface area contributed by atoms with E-state index in [0.717, 1.165) is 18.5 Å². The molecule has 1 aromatic carbocycles. The van der Waals surface area contributed by atoms with Crippen molar-refractivity contribution < 1.29 is 9.21 Å². The van der Waals surface area contributed by atoms with Gasteiger partial charge >= 0.3 is 0 Å². The molecule has 1 aliphatic rings. The molecule has 0 unspecified atom stereocenters. The first kappa shape index (κ1) is 11.3. The normalized spacial score (nSPS) is 14.5. The second-order valence-corrected chi connectivity index (χ2v) is 5.08. The fraction of sp³-hybridized carbons (Fsp3) is 0.188. The Morgan fingerprint density at radius 2 is 2.10 bits per heavy atom. The van der Waals surface area contributed by atoms with E-state index in [4.69, 9.17) is 4.42 Å². The highest BCUT2D eigenvalue weighted by atomic mass is 16.3. The Kier molecular flexibility index (Phi) is 2.42. The molecule has 0 aliphatic carbocycles. The lowest BCUT2D eigenvalue weighted by Gasteiger charge is -2.26. The lowest BCUT2D eigenvalue weighted by Crippen LogP contribution is -2.35. The largest absolute Gasteiger partial charge is 0.459 e. The van der Waals surface area contributed by atoms with Gasteiger partial charge in [0.15, 0.2) is 5.76 Å². The molecule has 20 heavy (non-hydrogen) atoms. The van der Waals surface area contributed by atoms with E-state index in [1.54, 1.807) is 12.1 Å². The highest BCUT2D eigenvalue weighted by molar-refractivity contribution is 5.92. The van der Waals surface area contributed by atoms with Crippen LogP contribution in [0.15, 0.2) is 47.1 Å². The highest BCUT2D eigenvalue weighted by Gasteiger charge is 2.25. The molecule has 0 fully saturated rings. The minimum Gasteiger partial charge on any atom is -0.459 e. The van der Waals surface area contributed by atoms with Crippen LogP contribution in [0.5, 0.6) is 0 Å². The number of H-pyrrole nitrogens is 1. The van der Waals surface area contributed by atoms with Gasteiger partial charge in [-0.05, 0) is 18.2 Å². The van der Waals surface area contributed by atoms with Crippen LogP contribution in [0.3, 0.4) is 0 Å². The number of nitrogens with zero attached hydrogens (tertiary/aromatic N) is 1. The Hall–Kier alpha value is -2.49. The maximum absolute atomic E-state index is 12.4. The minimum atomic E-state index is -0.0362. The molecule has 4 nitrogen and oxygen atoms in total. The van der Waals surface area contributed by atoms with Gasteiger partial charge in [-0.1, -0.05) is 18.2 Å². The summed E-state index contributed by atoms with van der Waals surface area (Å²) in [7, 11) is 0. The number of carbonyl (C=O) groups is 1. The van der Waals surface area contributed by atoms with Crippen LogP contribution in [-0.4, -0.2) is 22.3 Å². The summed E-state index contributed by atoms with van der Waals surface area (Å²) < 4.78 is 5.21. The van der Waals surface area contributed by atoms with E-state index in [9.17, 15) is 4.79 Å². The number of benzene rings is 1. The molecule has 0 saturated carbocycles. The molecule has 4 heteroatoms. The van der Waals surface area contributed by atoms with Crippen molar-refractivity contribution in [1.29, 1.82) is 0 Å². The van der Waals surface area contributed by atoms with Gasteiger partial charge in [0.1, 0.15) is 0 Å². The number of fused-ring (bicyclic) bond motifs is 3. The molecular weight excluding hydrogens is 252 g/mol. The highest BCUT2D eigenvalue weighted by Crippen LogP contribution is 2.28. The lowest BCUT2D eigenvalue weighted by molar-refractivity contribution is 0.0703. The number of aromatic nitrogens is 1. The van der Waals surface area contributed by atoms with E-state index in [1.807, 2.05) is 17.0 Å². The molecule has 1 amide bonds. The van der Waals surface area contributed by atoms with Crippen LogP contribution in [0.25, 0.3) is 10.9 Å². The third kappa shape index (κ3) is 1.65. The van der Waals surface area contributed by atoms with Crippen molar-refractivity contribution in [2.45, 2.75) is 13.0 Å². The number of nitrogens with one attached hydrogen (secondary N) is 1. The van der Waals surface area contributed by atoms with E-state index in [2.05, 4.69) is 17.1 Å². The van der Waals surface area contributed by atoms with E-state index < -0.39 is 0 Å². The van der Waals surface area contributed by atoms with Gasteiger partial charge in [-0.25, -0.2) is 0 Å². The SMILES string of the molecule is O=C(c1ccco1)N1CCc2[nH]c3ccccc3c2C1. The van der Waals surface area contributed by atoms with Crippen molar-refractivity contribution in [2.75, 3.05) is 6.54 Å². The van der Waals surface area contributed by atoms with Gasteiger partial charge in [0.2, 0.25) is 0 Å². The summed E-state index contributed by atoms with van der Waals surface area (Å²) in [5.74, 6) is 0.374. The Balaban J connectivity index is 1.71. The number of aromatic amines is 1. The third-order valence-electron chi connectivity index (χ3n) is 3.90. The number of rotatable bonds is 1. The van der Waals surface area contributed by atoms with Gasteiger partial charge < -0.3 is 14.3 Å². The molecule has 3 aromatic rings. The van der Waals surface area contributed by atoms with E-state index in [1.165, 1.54) is 22.9 Å². The monoisotopic (exact) mass is 266 g/mol. The smallest absolute Gasteiger partial charge is 0.289 e. The second kappa shape index (κ2) is 4.27. The molecule has 0 atom stereocenters. The summed E-state index contributed by atoms with van der Waals surface area (Å²) in [6.45, 7) is 1.36. The van der Waals surface area contributed by atoms with Crippen molar-refractivity contribution in [3.63, 3.8) is 0 Å². The Bertz CT molecular complexity index is 771. The average Bonchev–Trinajstić information content (AvgIpc) is 3.13. The molecule has 100 valence electrons. The molecule has 4 rings (SSSR count). The van der Waals surface area contributed by atoms with Gasteiger partial charge in [-0.15, -0.1) is 0 Å². The number of amides is 1. The molecule has 3 heterocycles. The molecule has 2 aromatic heterocycles. The number of furan rings is 1. The van der Waals surface area contributed by atoms with Crippen LogP contribution in [0.4, 0.5) is 0 Å². The lowest BCUT2D eigenvalue weighted by atomic mass is 10.0. The Morgan fingerprint density at radius 3 is 2.95 bits per heavy atom. The van der Waals surface area contributed by atoms with Crippen LogP contribution in [0.1, 0.15) is 21.8 Å². The zero-order valence-corrected chi connectivity index (χ0v) is 10.9. The first-order valence-electron chi connectivity index (χ1n) is 6.74. The van der Waals surface area contributed by atoms with Gasteiger partial charge in [0, 0.05) is 41.7 Å². The summed E-state index contributed by atoms with van der Waals surface area (Å²) in [5.41, 5.74) is 3.62. The Morgan fingerprint density at radius 1 is 1.20 bits per heavy atom. The molecule has 1 N–H and O–H groups in total. The minimum absolute atomic E-state index is 0.0362. The van der Waals surface area contributed by atoms with Crippen LogP contribution in [0, 0.1) is 0 Å². The molecule has 0 bridgehead atoms. The molecule has 0 spiro atoms. The topological polar surface area (TPSA) is 49.2 Å². The van der Waals surface area contributed by atoms with Crippen molar-refractivity contribution in [3.8, 4) is 0 Å². The molecular formula is C16H14N2O2. The maximum Gasteiger partial charge on any atom is 0.289 e. The number of hydrogen-bond acceptors (Lipinski definition) is 2. The van der Waals surface area contributed by atoms with Crippen molar-refractivity contribution in [1.82, 2.24) is 9.88 Å². The second-order valence-electron chi connectivity index (χ2n) is 5.08. The standard InChI is InChI=1S/C16H14N2O2/c19-16(15-6-3-9-20-15)18-8-7-14-12(10-18)11-4-1-2-5-13(11)17-14/h1-6,9,17H,7-8,10H2. The average molecular weight is 266 g/mol. The summed E-state index contributed by atoms with van der Waals surface area (Å²) in [5, 5.41) is 1.21. The fourth-order valence-electron chi connectivity index (χ4n) is 2.90. The predicted octanol–water partition coefficient (Wildman–Crippen LogP) is 2.96. The summed E-state index contributed by atoms with van der Waals surface area (Å²) in [4.78, 5) is 17.6.